The molecule has 4 heterocycles. The first-order valence-electron chi connectivity index (χ1n) is 12.3. The summed E-state index contributed by atoms with van der Waals surface area (Å²) in [5.74, 6) is 2.26. The Kier molecular flexibility index (Phi) is 6.88. The largest absolute Gasteiger partial charge is 0.370 e. The van der Waals surface area contributed by atoms with Crippen LogP contribution in [0.5, 0.6) is 0 Å². The van der Waals surface area contributed by atoms with Gasteiger partial charge in [0.05, 0.1) is 11.9 Å². The number of primary amides is 1. The van der Waals surface area contributed by atoms with Crippen molar-refractivity contribution in [1.82, 2.24) is 14.9 Å². The molecule has 174 valence electrons. The molecule has 2 aliphatic rings. The molecular formula is C26H33N5OS. The number of nitrogens with zero attached hydrogens (tertiary/aromatic N) is 4. The van der Waals surface area contributed by atoms with Crippen molar-refractivity contribution >= 4 is 33.3 Å². The fourth-order valence-electron chi connectivity index (χ4n) is 5.25. The van der Waals surface area contributed by atoms with Crippen LogP contribution in [0.25, 0.3) is 21.3 Å². The van der Waals surface area contributed by atoms with Gasteiger partial charge in [-0.1, -0.05) is 36.8 Å². The van der Waals surface area contributed by atoms with E-state index in [2.05, 4.69) is 45.5 Å². The summed E-state index contributed by atoms with van der Waals surface area (Å²) >= 11 is 1.72. The standard InChI is InChI=1S/C26H33N5OS/c27-22(32)12-11-19-8-7-15-31(16-19)25-24-21(20-9-3-1-4-10-20)18-33-26(24)29-23(28-25)17-30-13-5-2-6-14-30/h1,3-4,9-10,18-19H,2,5-8,11-17H2,(H2,27,32). The quantitative estimate of drug-likeness (QED) is 0.543. The van der Waals surface area contributed by atoms with Gasteiger partial charge in [-0.05, 0) is 56.7 Å². The Morgan fingerprint density at radius 3 is 2.67 bits per heavy atom. The van der Waals surface area contributed by atoms with Gasteiger partial charge in [0.2, 0.25) is 5.91 Å². The normalized spacial score (nSPS) is 19.8. The lowest BCUT2D eigenvalue weighted by Crippen LogP contribution is -2.37. The first kappa shape index (κ1) is 22.3. The highest BCUT2D eigenvalue weighted by molar-refractivity contribution is 7.17. The molecule has 1 amide bonds. The fraction of sp³-hybridized carbons (Fsp3) is 0.500. The van der Waals surface area contributed by atoms with Crippen molar-refractivity contribution in [2.45, 2.75) is 51.5 Å². The van der Waals surface area contributed by atoms with E-state index in [-0.39, 0.29) is 5.91 Å². The van der Waals surface area contributed by atoms with Gasteiger partial charge in [0.15, 0.2) is 0 Å². The van der Waals surface area contributed by atoms with Crippen LogP contribution in [0.3, 0.4) is 0 Å². The van der Waals surface area contributed by atoms with Crippen molar-refractivity contribution in [2.24, 2.45) is 11.7 Å². The molecule has 1 aromatic carbocycles. The van der Waals surface area contributed by atoms with E-state index in [1.807, 2.05) is 0 Å². The van der Waals surface area contributed by atoms with Crippen LogP contribution in [0.2, 0.25) is 0 Å². The fourth-order valence-corrected chi connectivity index (χ4v) is 6.21. The summed E-state index contributed by atoms with van der Waals surface area (Å²) in [6, 6.07) is 10.6. The molecule has 2 fully saturated rings. The zero-order valence-electron chi connectivity index (χ0n) is 19.2. The summed E-state index contributed by atoms with van der Waals surface area (Å²) in [5.41, 5.74) is 7.86. The van der Waals surface area contributed by atoms with E-state index in [4.69, 9.17) is 15.7 Å². The Bertz CT molecular complexity index is 1090. The number of carbonyl (C=O) groups is 1. The molecular weight excluding hydrogens is 430 g/mol. The third kappa shape index (κ3) is 5.20. The van der Waals surface area contributed by atoms with Gasteiger partial charge in [-0.25, -0.2) is 9.97 Å². The Morgan fingerprint density at radius 2 is 1.88 bits per heavy atom. The maximum atomic E-state index is 11.4. The number of piperidine rings is 2. The zero-order chi connectivity index (χ0) is 22.6. The molecule has 0 bridgehead atoms. The molecule has 33 heavy (non-hydrogen) atoms. The van der Waals surface area contributed by atoms with E-state index < -0.39 is 0 Å². The molecule has 5 rings (SSSR count). The van der Waals surface area contributed by atoms with Gasteiger partial charge < -0.3 is 10.6 Å². The molecule has 0 aliphatic carbocycles. The van der Waals surface area contributed by atoms with Gasteiger partial charge in [-0.15, -0.1) is 11.3 Å². The number of hydrogen-bond donors (Lipinski definition) is 1. The highest BCUT2D eigenvalue weighted by Gasteiger charge is 2.26. The Hall–Kier alpha value is -2.51. The second-order valence-corrected chi connectivity index (χ2v) is 10.3. The number of rotatable bonds is 7. The van der Waals surface area contributed by atoms with Crippen LogP contribution >= 0.6 is 11.3 Å². The number of thiophene rings is 1. The molecule has 6 nitrogen and oxygen atoms in total. The van der Waals surface area contributed by atoms with E-state index in [1.165, 1.54) is 35.8 Å². The van der Waals surface area contributed by atoms with Gasteiger partial charge in [0.25, 0.3) is 0 Å². The predicted octanol–water partition coefficient (Wildman–Crippen LogP) is 4.83. The molecule has 7 heteroatoms. The van der Waals surface area contributed by atoms with Crippen LogP contribution in [0.1, 0.15) is 50.8 Å². The number of nitrogens with two attached hydrogens (primary N) is 1. The van der Waals surface area contributed by atoms with E-state index in [9.17, 15) is 4.79 Å². The van der Waals surface area contributed by atoms with Crippen molar-refractivity contribution in [2.75, 3.05) is 31.1 Å². The SMILES string of the molecule is NC(=O)CCC1CCCN(c2nc(CN3CCCCC3)nc3scc(-c4ccccc4)c23)C1. The molecule has 2 N–H and O–H groups in total. The molecule has 2 aromatic heterocycles. The number of aromatic nitrogens is 2. The van der Waals surface area contributed by atoms with Crippen molar-refractivity contribution in [1.29, 1.82) is 0 Å². The summed E-state index contributed by atoms with van der Waals surface area (Å²) in [6.07, 6.45) is 7.43. The zero-order valence-corrected chi connectivity index (χ0v) is 20.0. The Morgan fingerprint density at radius 1 is 1.06 bits per heavy atom. The second kappa shape index (κ2) is 10.2. The number of amides is 1. The van der Waals surface area contributed by atoms with Crippen LogP contribution in [0, 0.1) is 5.92 Å². The van der Waals surface area contributed by atoms with Crippen molar-refractivity contribution in [3.8, 4) is 11.1 Å². The molecule has 2 saturated heterocycles. The Labute approximate surface area is 199 Å². The summed E-state index contributed by atoms with van der Waals surface area (Å²) in [5, 5.41) is 3.40. The van der Waals surface area contributed by atoms with E-state index in [0.29, 0.717) is 12.3 Å². The number of benzene rings is 1. The number of hydrogen-bond acceptors (Lipinski definition) is 6. The van der Waals surface area contributed by atoms with E-state index in [0.717, 1.165) is 68.5 Å². The lowest BCUT2D eigenvalue weighted by atomic mass is 9.93. The summed E-state index contributed by atoms with van der Waals surface area (Å²) in [4.78, 5) is 27.6. The molecule has 0 saturated carbocycles. The van der Waals surface area contributed by atoms with Gasteiger partial charge >= 0.3 is 0 Å². The molecule has 1 atom stereocenters. The third-order valence-electron chi connectivity index (χ3n) is 6.98. The van der Waals surface area contributed by atoms with Crippen molar-refractivity contribution in [3.63, 3.8) is 0 Å². The predicted molar refractivity (Wildman–Crippen MR) is 135 cm³/mol. The molecule has 3 aromatic rings. The van der Waals surface area contributed by atoms with E-state index >= 15 is 0 Å². The highest BCUT2D eigenvalue weighted by Crippen LogP contribution is 2.39. The van der Waals surface area contributed by atoms with Gasteiger partial charge in [-0.2, -0.15) is 0 Å². The monoisotopic (exact) mass is 463 g/mol. The number of anilines is 1. The van der Waals surface area contributed by atoms with Crippen LogP contribution in [-0.4, -0.2) is 47.0 Å². The molecule has 0 radical (unpaired) electrons. The van der Waals surface area contributed by atoms with Crippen molar-refractivity contribution in [3.05, 3.63) is 41.5 Å². The number of carbonyl (C=O) groups excluding carboxylic acids is 1. The van der Waals surface area contributed by atoms with E-state index in [1.54, 1.807) is 11.3 Å². The first-order valence-corrected chi connectivity index (χ1v) is 13.1. The summed E-state index contributed by atoms with van der Waals surface area (Å²) in [6.45, 7) is 5.00. The molecule has 1 unspecified atom stereocenters. The first-order chi connectivity index (χ1) is 16.2. The smallest absolute Gasteiger partial charge is 0.217 e. The molecule has 0 spiro atoms. The maximum absolute atomic E-state index is 11.4. The van der Waals surface area contributed by atoms with Crippen LogP contribution in [0.15, 0.2) is 35.7 Å². The summed E-state index contributed by atoms with van der Waals surface area (Å²) in [7, 11) is 0. The third-order valence-corrected chi connectivity index (χ3v) is 7.85. The van der Waals surface area contributed by atoms with Gasteiger partial charge in [0, 0.05) is 30.5 Å². The average molecular weight is 464 g/mol. The lowest BCUT2D eigenvalue weighted by molar-refractivity contribution is -0.118. The van der Waals surface area contributed by atoms with Gasteiger partial charge in [-0.3, -0.25) is 9.69 Å². The van der Waals surface area contributed by atoms with Crippen LogP contribution < -0.4 is 10.6 Å². The minimum absolute atomic E-state index is 0.204. The average Bonchev–Trinajstić information content (AvgIpc) is 3.28. The van der Waals surface area contributed by atoms with Crippen LogP contribution in [0.4, 0.5) is 5.82 Å². The lowest BCUT2D eigenvalue weighted by Gasteiger charge is -2.34. The number of likely N-dealkylation sites (tertiary alicyclic amines) is 1. The maximum Gasteiger partial charge on any atom is 0.217 e. The minimum Gasteiger partial charge on any atom is -0.370 e. The number of fused-ring (bicyclic) bond motifs is 1. The second-order valence-electron chi connectivity index (χ2n) is 9.46. The minimum atomic E-state index is -0.204. The summed E-state index contributed by atoms with van der Waals surface area (Å²) < 4.78 is 0. The molecule has 2 aliphatic heterocycles. The topological polar surface area (TPSA) is 75.4 Å². The van der Waals surface area contributed by atoms with Crippen molar-refractivity contribution < 1.29 is 4.79 Å². The van der Waals surface area contributed by atoms with Crippen LogP contribution in [-0.2, 0) is 11.3 Å². The van der Waals surface area contributed by atoms with Gasteiger partial charge in [0.1, 0.15) is 16.5 Å². The highest BCUT2D eigenvalue weighted by atomic mass is 32.1. The Balaban J connectivity index is 1.51.